The van der Waals surface area contributed by atoms with E-state index in [0.717, 1.165) is 31.7 Å². The van der Waals surface area contributed by atoms with Crippen LogP contribution in [0.25, 0.3) is 0 Å². The maximum absolute atomic E-state index is 12.3. The molecule has 1 saturated heterocycles. The van der Waals surface area contributed by atoms with Crippen LogP contribution < -0.4 is 4.90 Å². The molecule has 0 aromatic carbocycles. The van der Waals surface area contributed by atoms with Crippen molar-refractivity contribution in [3.05, 3.63) is 23.9 Å². The van der Waals surface area contributed by atoms with E-state index in [9.17, 15) is 4.79 Å². The Morgan fingerprint density at radius 1 is 1.21 bits per heavy atom. The molecular formula is C18H24N4O2. The molecule has 2 heterocycles. The molecule has 1 saturated carbocycles. The number of amides is 1. The maximum atomic E-state index is 12.3. The summed E-state index contributed by atoms with van der Waals surface area (Å²) in [5.41, 5.74) is 0.562. The molecule has 1 aromatic heterocycles. The molecule has 2 aliphatic rings. The molecule has 128 valence electrons. The van der Waals surface area contributed by atoms with Crippen molar-refractivity contribution in [1.29, 1.82) is 5.26 Å². The molecule has 24 heavy (non-hydrogen) atoms. The van der Waals surface area contributed by atoms with Crippen LogP contribution in [0.5, 0.6) is 0 Å². The lowest BCUT2D eigenvalue weighted by molar-refractivity contribution is -0.139. The van der Waals surface area contributed by atoms with E-state index >= 15 is 0 Å². The van der Waals surface area contributed by atoms with Gasteiger partial charge in [-0.15, -0.1) is 0 Å². The van der Waals surface area contributed by atoms with E-state index in [1.54, 1.807) is 12.3 Å². The van der Waals surface area contributed by atoms with Crippen molar-refractivity contribution in [2.45, 2.75) is 38.2 Å². The zero-order chi connectivity index (χ0) is 16.8. The third kappa shape index (κ3) is 4.24. The highest BCUT2D eigenvalue weighted by molar-refractivity contribution is 5.77. The van der Waals surface area contributed by atoms with Gasteiger partial charge in [-0.25, -0.2) is 4.98 Å². The Bertz CT molecular complexity index is 582. The summed E-state index contributed by atoms with van der Waals surface area (Å²) in [5.74, 6) is 0.951. The maximum Gasteiger partial charge on any atom is 0.248 e. The van der Waals surface area contributed by atoms with Gasteiger partial charge in [0.15, 0.2) is 0 Å². The third-order valence-electron chi connectivity index (χ3n) is 4.83. The van der Waals surface area contributed by atoms with Crippen LogP contribution in [-0.4, -0.2) is 54.7 Å². The van der Waals surface area contributed by atoms with Crippen LogP contribution in [0.3, 0.4) is 0 Å². The normalized spacial score (nSPS) is 19.1. The average Bonchev–Trinajstić information content (AvgIpc) is 2.67. The van der Waals surface area contributed by atoms with Gasteiger partial charge in [0, 0.05) is 32.4 Å². The molecular weight excluding hydrogens is 304 g/mol. The topological polar surface area (TPSA) is 69.5 Å². The van der Waals surface area contributed by atoms with Crippen molar-refractivity contribution >= 4 is 11.7 Å². The lowest BCUT2D eigenvalue weighted by atomic mass is 9.98. The van der Waals surface area contributed by atoms with Crippen LogP contribution >= 0.6 is 0 Å². The van der Waals surface area contributed by atoms with Crippen LogP contribution in [0.1, 0.15) is 37.7 Å². The summed E-state index contributed by atoms with van der Waals surface area (Å²) in [6, 6.07) is 5.71. The largest absolute Gasteiger partial charge is 0.368 e. The van der Waals surface area contributed by atoms with Gasteiger partial charge in [-0.3, -0.25) is 4.79 Å². The summed E-state index contributed by atoms with van der Waals surface area (Å²) in [6.45, 7) is 3.10. The highest BCUT2D eigenvalue weighted by Gasteiger charge is 2.23. The smallest absolute Gasteiger partial charge is 0.248 e. The highest BCUT2D eigenvalue weighted by Crippen LogP contribution is 2.20. The molecule has 1 amide bonds. The Morgan fingerprint density at radius 3 is 2.58 bits per heavy atom. The zero-order valence-electron chi connectivity index (χ0n) is 14.0. The van der Waals surface area contributed by atoms with Crippen molar-refractivity contribution in [2.75, 3.05) is 37.7 Å². The van der Waals surface area contributed by atoms with Gasteiger partial charge in [0.25, 0.3) is 0 Å². The first-order valence-corrected chi connectivity index (χ1v) is 8.77. The molecule has 1 aliphatic carbocycles. The summed E-state index contributed by atoms with van der Waals surface area (Å²) in [6.07, 6.45) is 7.76. The standard InChI is InChI=1S/C18H24N4O2/c19-12-15-6-7-17(20-13-15)21-8-10-22(11-9-21)18(23)14-24-16-4-2-1-3-5-16/h6-7,13,16H,1-5,8-11,14H2. The fourth-order valence-corrected chi connectivity index (χ4v) is 3.34. The number of nitrogens with zero attached hydrogens (tertiary/aromatic N) is 4. The first-order chi connectivity index (χ1) is 11.8. The van der Waals surface area contributed by atoms with Gasteiger partial charge >= 0.3 is 0 Å². The minimum absolute atomic E-state index is 0.0908. The number of piperazine rings is 1. The highest BCUT2D eigenvalue weighted by atomic mass is 16.5. The lowest BCUT2D eigenvalue weighted by Crippen LogP contribution is -2.50. The monoisotopic (exact) mass is 328 g/mol. The van der Waals surface area contributed by atoms with E-state index < -0.39 is 0 Å². The SMILES string of the molecule is N#Cc1ccc(N2CCN(C(=O)COC3CCCCC3)CC2)nc1. The number of ether oxygens (including phenoxy) is 1. The van der Waals surface area contributed by atoms with E-state index in [0.29, 0.717) is 18.7 Å². The fraction of sp³-hybridized carbons (Fsp3) is 0.611. The van der Waals surface area contributed by atoms with Crippen LogP contribution in [0, 0.1) is 11.3 Å². The van der Waals surface area contributed by atoms with Gasteiger partial charge in [0.1, 0.15) is 18.5 Å². The molecule has 2 fully saturated rings. The van der Waals surface area contributed by atoms with Gasteiger partial charge < -0.3 is 14.5 Å². The first kappa shape index (κ1) is 16.7. The van der Waals surface area contributed by atoms with Crippen LogP contribution in [-0.2, 0) is 9.53 Å². The quantitative estimate of drug-likeness (QED) is 0.845. The number of carbonyl (C=O) groups excluding carboxylic acids is 1. The van der Waals surface area contributed by atoms with Crippen molar-refractivity contribution in [3.63, 3.8) is 0 Å². The number of hydrogen-bond acceptors (Lipinski definition) is 5. The van der Waals surface area contributed by atoms with Gasteiger partial charge in [-0.2, -0.15) is 5.26 Å². The molecule has 0 spiro atoms. The Hall–Kier alpha value is -2.13. The Morgan fingerprint density at radius 2 is 1.96 bits per heavy atom. The minimum atomic E-state index is 0.0908. The Kier molecular flexibility index (Phi) is 5.65. The summed E-state index contributed by atoms with van der Waals surface area (Å²) in [4.78, 5) is 20.6. The average molecular weight is 328 g/mol. The number of rotatable bonds is 4. The van der Waals surface area contributed by atoms with Crippen LogP contribution in [0.2, 0.25) is 0 Å². The lowest BCUT2D eigenvalue weighted by Gasteiger charge is -2.35. The van der Waals surface area contributed by atoms with E-state index in [1.165, 1.54) is 19.3 Å². The minimum Gasteiger partial charge on any atom is -0.368 e. The van der Waals surface area contributed by atoms with Crippen LogP contribution in [0.15, 0.2) is 18.3 Å². The van der Waals surface area contributed by atoms with E-state index in [4.69, 9.17) is 10.00 Å². The van der Waals surface area contributed by atoms with Gasteiger partial charge in [-0.1, -0.05) is 19.3 Å². The van der Waals surface area contributed by atoms with Crippen LogP contribution in [0.4, 0.5) is 5.82 Å². The second-order valence-corrected chi connectivity index (χ2v) is 6.46. The van der Waals surface area contributed by atoms with Crippen molar-refractivity contribution in [1.82, 2.24) is 9.88 Å². The number of carbonyl (C=O) groups is 1. The summed E-state index contributed by atoms with van der Waals surface area (Å²) < 4.78 is 5.79. The van der Waals surface area contributed by atoms with Gasteiger partial charge in [-0.05, 0) is 25.0 Å². The van der Waals surface area contributed by atoms with E-state index in [2.05, 4.69) is 16.0 Å². The predicted molar refractivity (Wildman–Crippen MR) is 90.6 cm³/mol. The molecule has 0 unspecified atom stereocenters. The van der Waals surface area contributed by atoms with Crippen molar-refractivity contribution in [3.8, 4) is 6.07 Å². The molecule has 6 nitrogen and oxygen atoms in total. The Labute approximate surface area is 143 Å². The first-order valence-electron chi connectivity index (χ1n) is 8.77. The van der Waals surface area contributed by atoms with Crippen molar-refractivity contribution in [2.24, 2.45) is 0 Å². The molecule has 0 N–H and O–H groups in total. The van der Waals surface area contributed by atoms with Gasteiger partial charge in [0.2, 0.25) is 5.91 Å². The third-order valence-corrected chi connectivity index (χ3v) is 4.83. The molecule has 6 heteroatoms. The summed E-state index contributed by atoms with van der Waals surface area (Å²) >= 11 is 0. The molecule has 0 radical (unpaired) electrons. The predicted octanol–water partition coefficient (Wildman–Crippen LogP) is 1.95. The second-order valence-electron chi connectivity index (χ2n) is 6.46. The number of pyridine rings is 1. The zero-order valence-corrected chi connectivity index (χ0v) is 14.0. The molecule has 1 aromatic rings. The number of anilines is 1. The number of aromatic nitrogens is 1. The van der Waals surface area contributed by atoms with Crippen molar-refractivity contribution < 1.29 is 9.53 Å². The summed E-state index contributed by atoms with van der Waals surface area (Å²) in [5, 5.41) is 8.82. The number of nitriles is 1. The van der Waals surface area contributed by atoms with E-state index in [-0.39, 0.29) is 18.6 Å². The fourth-order valence-electron chi connectivity index (χ4n) is 3.34. The Balaban J connectivity index is 1.43. The van der Waals surface area contributed by atoms with E-state index in [1.807, 2.05) is 11.0 Å². The second kappa shape index (κ2) is 8.11. The molecule has 0 bridgehead atoms. The van der Waals surface area contributed by atoms with Gasteiger partial charge in [0.05, 0.1) is 11.7 Å². The molecule has 0 atom stereocenters. The molecule has 3 rings (SSSR count). The molecule has 1 aliphatic heterocycles. The number of hydrogen-bond donors (Lipinski definition) is 0. The summed E-state index contributed by atoms with van der Waals surface area (Å²) in [7, 11) is 0.